The van der Waals surface area contributed by atoms with Crippen LogP contribution in [0.1, 0.15) is 132 Å². The highest BCUT2D eigenvalue weighted by molar-refractivity contribution is 7.19. The van der Waals surface area contributed by atoms with Gasteiger partial charge in [0.2, 0.25) is 0 Å². The maximum Gasteiger partial charge on any atom is 0.260 e. The number of fused-ring (bicyclic) bond motifs is 4. The van der Waals surface area contributed by atoms with Crippen LogP contribution in [0.15, 0.2) is 243 Å². The van der Waals surface area contributed by atoms with E-state index in [9.17, 15) is 0 Å². The van der Waals surface area contributed by atoms with Crippen molar-refractivity contribution in [3.05, 3.63) is 270 Å². The molecule has 0 spiro atoms. The van der Waals surface area contributed by atoms with Crippen LogP contribution in [0.4, 0.5) is 0 Å². The fraction of sp³-hybridized carbons (Fsp3) is 0.233. The molecule has 0 bridgehead atoms. The van der Waals surface area contributed by atoms with E-state index in [-0.39, 0.29) is 33.8 Å². The molecule has 0 aliphatic carbocycles. The van der Waals surface area contributed by atoms with Crippen molar-refractivity contribution in [2.45, 2.75) is 131 Å². The molecule has 0 unspecified atom stereocenters. The third-order valence-electron chi connectivity index (χ3n) is 19.1. The SMILES string of the molecule is CC(C)(C)c1cc(-c2ccc3c(c2)Oc2c(-c4ccc([Si](c5ccccc5)(c5ccccc5)c5ccccc5)cc4)cc(-c4c(-c5ccccc5)cccc4C(C)(C)C)c4c2B3c2ccc(-c3cc(C(C)(C)C)cc(C(C)(C)C)c3)cc2O4)cc(C(C)(C)C)c1. The lowest BCUT2D eigenvalue weighted by molar-refractivity contribution is 0.467. The molecule has 13 rings (SSSR count). The lowest BCUT2D eigenvalue weighted by Crippen LogP contribution is -2.74. The van der Waals surface area contributed by atoms with Gasteiger partial charge in [0.1, 0.15) is 23.0 Å². The molecule has 0 radical (unpaired) electrons. The minimum Gasteiger partial charge on any atom is -0.458 e. The molecule has 11 aromatic carbocycles. The van der Waals surface area contributed by atoms with Gasteiger partial charge in [-0.25, -0.2) is 0 Å². The average Bonchev–Trinajstić information content (AvgIpc) is 0.712. The van der Waals surface area contributed by atoms with Crippen LogP contribution in [-0.4, -0.2) is 14.8 Å². The molecular formula is C86H85BO2Si. The van der Waals surface area contributed by atoms with Crippen LogP contribution in [0.25, 0.3) is 55.6 Å². The molecule has 0 amide bonds. The van der Waals surface area contributed by atoms with Gasteiger partial charge >= 0.3 is 0 Å². The standard InChI is InChI=1S/C86H85BO2Si/c1-82(2,3)62-47-60(48-63(53-62)83(4,5)6)58-41-45-74-76(51-58)88-80-71(57-39-43-69(44-40-57)90(66-31-22-17-23-32-66,67-33-24-18-25-34-67)68-35-26-19-27-36-68)55-72(78-70(56-29-20-16-21-30-56)37-28-38-73(78)86(13,14)15)81-79(80)87(74)75-46-42-59(52-77(75)89-81)61-49-64(84(7,8)9)54-65(50-61)85(10,11)12/h16-55H,1-15H3. The van der Waals surface area contributed by atoms with Gasteiger partial charge in [-0.3, -0.25) is 0 Å². The molecule has 90 heavy (non-hydrogen) atoms. The van der Waals surface area contributed by atoms with E-state index in [4.69, 9.17) is 9.47 Å². The fourth-order valence-electron chi connectivity index (χ4n) is 13.9. The predicted octanol–water partition coefficient (Wildman–Crippen LogP) is 18.6. The zero-order chi connectivity index (χ0) is 63.3. The quantitative estimate of drug-likeness (QED) is 0.106. The minimum atomic E-state index is -2.87. The van der Waals surface area contributed by atoms with Crippen molar-refractivity contribution in [1.29, 1.82) is 0 Å². The summed E-state index contributed by atoms with van der Waals surface area (Å²) in [6.45, 7) is 34.6. The van der Waals surface area contributed by atoms with Gasteiger partial charge in [0.15, 0.2) is 8.07 Å². The van der Waals surface area contributed by atoms with Crippen LogP contribution in [0.3, 0.4) is 0 Å². The number of hydrogen-bond donors (Lipinski definition) is 0. The Morgan fingerprint density at radius 1 is 0.278 bits per heavy atom. The molecule has 4 heteroatoms. The zero-order valence-corrected chi connectivity index (χ0v) is 56.5. The van der Waals surface area contributed by atoms with E-state index in [2.05, 4.69) is 347 Å². The molecule has 2 heterocycles. The average molecular weight is 1190 g/mol. The van der Waals surface area contributed by atoms with Crippen LogP contribution in [0.5, 0.6) is 23.0 Å². The summed E-state index contributed by atoms with van der Waals surface area (Å²) in [5.74, 6) is 3.37. The second-order valence-corrected chi connectivity index (χ2v) is 34.4. The third-order valence-corrected chi connectivity index (χ3v) is 23.9. The summed E-state index contributed by atoms with van der Waals surface area (Å²) in [6, 6.07) is 91.9. The van der Waals surface area contributed by atoms with E-state index in [0.717, 1.165) is 83.9 Å². The first-order valence-corrected chi connectivity index (χ1v) is 34.4. The van der Waals surface area contributed by atoms with Gasteiger partial charge < -0.3 is 9.47 Å². The van der Waals surface area contributed by atoms with Crippen molar-refractivity contribution in [3.8, 4) is 78.6 Å². The minimum absolute atomic E-state index is 0.0519. The Bertz CT molecular complexity index is 4340. The maximum absolute atomic E-state index is 7.85. The molecule has 0 N–H and O–H groups in total. The van der Waals surface area contributed by atoms with Crippen molar-refractivity contribution < 1.29 is 9.47 Å². The number of benzene rings is 11. The van der Waals surface area contributed by atoms with Gasteiger partial charge in [-0.15, -0.1) is 0 Å². The molecule has 0 atom stereocenters. The Morgan fingerprint density at radius 3 is 1.04 bits per heavy atom. The van der Waals surface area contributed by atoms with Gasteiger partial charge in [0.25, 0.3) is 6.71 Å². The van der Waals surface area contributed by atoms with E-state index >= 15 is 0 Å². The maximum atomic E-state index is 7.85. The molecule has 11 aromatic rings. The molecule has 2 aliphatic heterocycles. The van der Waals surface area contributed by atoms with E-state index in [1.54, 1.807) is 0 Å². The monoisotopic (exact) mass is 1190 g/mol. The van der Waals surface area contributed by atoms with Gasteiger partial charge in [0.05, 0.1) is 0 Å². The predicted molar refractivity (Wildman–Crippen MR) is 388 cm³/mol. The smallest absolute Gasteiger partial charge is 0.260 e. The van der Waals surface area contributed by atoms with Crippen molar-refractivity contribution in [2.24, 2.45) is 0 Å². The number of rotatable bonds is 9. The lowest BCUT2D eigenvalue weighted by atomic mass is 9.34. The van der Waals surface area contributed by atoms with Crippen LogP contribution < -0.4 is 46.6 Å². The summed E-state index contributed by atoms with van der Waals surface area (Å²) in [5.41, 5.74) is 20.6. The van der Waals surface area contributed by atoms with E-state index in [1.165, 1.54) is 59.7 Å². The second kappa shape index (κ2) is 22.4. The zero-order valence-electron chi connectivity index (χ0n) is 55.5. The highest BCUT2D eigenvalue weighted by atomic mass is 28.3. The first-order chi connectivity index (χ1) is 42.8. The van der Waals surface area contributed by atoms with Gasteiger partial charge in [-0.05, 0) is 149 Å². The summed E-state index contributed by atoms with van der Waals surface area (Å²) >= 11 is 0. The van der Waals surface area contributed by atoms with Crippen LogP contribution in [0.2, 0.25) is 0 Å². The number of ether oxygens (including phenoxy) is 2. The molecule has 0 saturated carbocycles. The Kier molecular flexibility index (Phi) is 15.0. The molecule has 0 fully saturated rings. The topological polar surface area (TPSA) is 18.5 Å². The van der Waals surface area contributed by atoms with Gasteiger partial charge in [0, 0.05) is 16.6 Å². The fourth-order valence-corrected chi connectivity index (χ4v) is 18.7. The number of hydrogen-bond acceptors (Lipinski definition) is 2. The lowest BCUT2D eigenvalue weighted by Gasteiger charge is -2.37. The molecule has 0 saturated heterocycles. The Labute approximate surface area is 538 Å². The largest absolute Gasteiger partial charge is 0.458 e. The second-order valence-electron chi connectivity index (χ2n) is 30.6. The van der Waals surface area contributed by atoms with Crippen LogP contribution in [-0.2, 0) is 27.1 Å². The third kappa shape index (κ3) is 10.9. The molecule has 2 nitrogen and oxygen atoms in total. The summed E-state index contributed by atoms with van der Waals surface area (Å²) in [6.07, 6.45) is 0. The summed E-state index contributed by atoms with van der Waals surface area (Å²) in [5, 5.41) is 5.32. The van der Waals surface area contributed by atoms with Crippen molar-refractivity contribution in [2.75, 3.05) is 0 Å². The van der Waals surface area contributed by atoms with Gasteiger partial charge in [-0.1, -0.05) is 328 Å². The van der Waals surface area contributed by atoms with Crippen molar-refractivity contribution >= 4 is 51.9 Å². The Balaban J connectivity index is 1.11. The molecule has 448 valence electrons. The van der Waals surface area contributed by atoms with E-state index < -0.39 is 8.07 Å². The van der Waals surface area contributed by atoms with Crippen molar-refractivity contribution in [3.63, 3.8) is 0 Å². The first-order valence-electron chi connectivity index (χ1n) is 32.4. The summed E-state index contributed by atoms with van der Waals surface area (Å²) < 4.78 is 15.7. The normalized spacial score (nSPS) is 13.2. The van der Waals surface area contributed by atoms with Gasteiger partial charge in [-0.2, -0.15) is 0 Å². The molecule has 2 aliphatic rings. The van der Waals surface area contributed by atoms with Crippen LogP contribution >= 0.6 is 0 Å². The Hall–Kier alpha value is -8.70. The Morgan fingerprint density at radius 2 is 0.644 bits per heavy atom. The molecule has 0 aromatic heterocycles. The highest BCUT2D eigenvalue weighted by Gasteiger charge is 2.45. The van der Waals surface area contributed by atoms with Crippen LogP contribution in [0, 0.1) is 0 Å². The highest BCUT2D eigenvalue weighted by Crippen LogP contribution is 2.51. The summed E-state index contributed by atoms with van der Waals surface area (Å²) in [4.78, 5) is 0. The van der Waals surface area contributed by atoms with Crippen molar-refractivity contribution in [1.82, 2.24) is 0 Å². The summed E-state index contributed by atoms with van der Waals surface area (Å²) in [7, 11) is -2.87. The molecular weight excluding hydrogens is 1100 g/mol. The van der Waals surface area contributed by atoms with E-state index in [0.29, 0.717) is 0 Å². The van der Waals surface area contributed by atoms with E-state index in [1.807, 2.05) is 0 Å². The first kappa shape index (κ1) is 60.2.